The van der Waals surface area contributed by atoms with Gasteiger partial charge >= 0.3 is 0 Å². The molecule has 0 aliphatic heterocycles. The lowest BCUT2D eigenvalue weighted by molar-refractivity contribution is -0.118. The average Bonchev–Trinajstić information content (AvgIpc) is 2.36. The number of Topliss-reactive ketones (excluding diaryl/α,β-unsaturated/α-hetero) is 1. The molecule has 0 aliphatic carbocycles. The summed E-state index contributed by atoms with van der Waals surface area (Å²) < 4.78 is 0. The second kappa shape index (κ2) is 7.44. The summed E-state index contributed by atoms with van der Waals surface area (Å²) >= 11 is 0. The van der Waals surface area contributed by atoms with Gasteiger partial charge in [-0.2, -0.15) is 0 Å². The molecule has 0 bridgehead atoms. The highest BCUT2D eigenvalue weighted by atomic mass is 16.3. The van der Waals surface area contributed by atoms with Crippen molar-refractivity contribution in [3.8, 4) is 5.75 Å². The molecule has 1 atom stereocenters. The Hall–Kier alpha value is -1.35. The van der Waals surface area contributed by atoms with Crippen LogP contribution in [-0.2, 0) is 11.2 Å². The first-order chi connectivity index (χ1) is 9.32. The van der Waals surface area contributed by atoms with Gasteiger partial charge in [-0.05, 0) is 48.4 Å². The van der Waals surface area contributed by atoms with Gasteiger partial charge in [0.2, 0.25) is 0 Å². The fourth-order valence-corrected chi connectivity index (χ4v) is 2.48. The van der Waals surface area contributed by atoms with Gasteiger partial charge in [0.15, 0.2) is 0 Å². The Labute approximate surface area is 122 Å². The largest absolute Gasteiger partial charge is 0.508 e. The predicted molar refractivity (Wildman–Crippen MR) is 82.7 cm³/mol. The van der Waals surface area contributed by atoms with Crippen molar-refractivity contribution >= 4 is 5.78 Å². The minimum atomic E-state index is 0.193. The minimum Gasteiger partial charge on any atom is -0.508 e. The summed E-state index contributed by atoms with van der Waals surface area (Å²) in [5.74, 6) is 0.968. The maximum atomic E-state index is 12.0. The summed E-state index contributed by atoms with van der Waals surface area (Å²) in [5, 5.41) is 9.22. The van der Waals surface area contributed by atoms with Gasteiger partial charge in [-0.15, -0.1) is 0 Å². The maximum Gasteiger partial charge on any atom is 0.137 e. The molecule has 3 heteroatoms. The molecule has 3 N–H and O–H groups in total. The SMILES string of the molecule is CC(C)(C)C(CCN)CCC(=O)Cc1ccc(O)cc1. The molecule has 1 rings (SSSR count). The lowest BCUT2D eigenvalue weighted by atomic mass is 9.76. The first-order valence-electron chi connectivity index (χ1n) is 7.32. The molecular weight excluding hydrogens is 250 g/mol. The van der Waals surface area contributed by atoms with Crippen molar-refractivity contribution in [1.82, 2.24) is 0 Å². The molecule has 0 saturated heterocycles. The third kappa shape index (κ3) is 5.74. The van der Waals surface area contributed by atoms with Gasteiger partial charge in [0, 0.05) is 12.8 Å². The van der Waals surface area contributed by atoms with Crippen LogP contribution in [0.2, 0.25) is 0 Å². The molecule has 1 unspecified atom stereocenters. The number of nitrogens with two attached hydrogens (primary N) is 1. The molecule has 0 amide bonds. The van der Waals surface area contributed by atoms with Crippen LogP contribution < -0.4 is 5.73 Å². The lowest BCUT2D eigenvalue weighted by Crippen LogP contribution is -2.24. The number of phenolic OH excluding ortho intramolecular Hbond substituents is 1. The number of hydrogen-bond acceptors (Lipinski definition) is 3. The number of phenols is 1. The standard InChI is InChI=1S/C17H27NO2/c1-17(2,3)14(10-11-18)6-9-16(20)12-13-4-7-15(19)8-5-13/h4-5,7-8,14,19H,6,9-12,18H2,1-3H3. The van der Waals surface area contributed by atoms with E-state index in [-0.39, 0.29) is 16.9 Å². The number of carbonyl (C=O) groups is 1. The van der Waals surface area contributed by atoms with E-state index < -0.39 is 0 Å². The van der Waals surface area contributed by atoms with E-state index in [1.807, 2.05) is 0 Å². The number of ketones is 1. The Bertz CT molecular complexity index is 418. The van der Waals surface area contributed by atoms with Crippen LogP contribution >= 0.6 is 0 Å². The van der Waals surface area contributed by atoms with Gasteiger partial charge in [-0.3, -0.25) is 4.79 Å². The third-order valence-corrected chi connectivity index (χ3v) is 3.85. The predicted octanol–water partition coefficient (Wildman–Crippen LogP) is 3.30. The summed E-state index contributed by atoms with van der Waals surface area (Å²) in [5.41, 5.74) is 6.81. The Balaban J connectivity index is 2.47. The van der Waals surface area contributed by atoms with Gasteiger partial charge in [-0.25, -0.2) is 0 Å². The van der Waals surface area contributed by atoms with Crippen LogP contribution in [0.25, 0.3) is 0 Å². The third-order valence-electron chi connectivity index (χ3n) is 3.85. The van der Waals surface area contributed by atoms with Crippen LogP contribution in [-0.4, -0.2) is 17.4 Å². The number of rotatable bonds is 7. The quantitative estimate of drug-likeness (QED) is 0.803. The molecule has 1 aromatic rings. The number of benzene rings is 1. The lowest BCUT2D eigenvalue weighted by Gasteiger charge is -2.30. The average molecular weight is 277 g/mol. The van der Waals surface area contributed by atoms with Crippen molar-refractivity contribution < 1.29 is 9.90 Å². The molecule has 20 heavy (non-hydrogen) atoms. The van der Waals surface area contributed by atoms with Crippen LogP contribution in [0, 0.1) is 11.3 Å². The van der Waals surface area contributed by atoms with E-state index in [9.17, 15) is 9.90 Å². The second-order valence-electron chi connectivity index (χ2n) is 6.56. The highest BCUT2D eigenvalue weighted by molar-refractivity contribution is 5.80. The Morgan fingerprint density at radius 2 is 1.80 bits per heavy atom. The van der Waals surface area contributed by atoms with E-state index in [0.29, 0.717) is 25.3 Å². The summed E-state index contributed by atoms with van der Waals surface area (Å²) in [4.78, 5) is 12.0. The van der Waals surface area contributed by atoms with Crippen LogP contribution in [0.1, 0.15) is 45.6 Å². The van der Waals surface area contributed by atoms with Crippen LogP contribution in [0.4, 0.5) is 0 Å². The van der Waals surface area contributed by atoms with Crippen molar-refractivity contribution in [1.29, 1.82) is 0 Å². The smallest absolute Gasteiger partial charge is 0.137 e. The van der Waals surface area contributed by atoms with Gasteiger partial charge in [0.1, 0.15) is 11.5 Å². The molecule has 0 aliphatic rings. The number of carbonyl (C=O) groups excluding carboxylic acids is 1. The molecule has 1 aromatic carbocycles. The van der Waals surface area contributed by atoms with Crippen molar-refractivity contribution in [3.63, 3.8) is 0 Å². The Kier molecular flexibility index (Phi) is 6.21. The number of aromatic hydroxyl groups is 1. The molecule has 0 radical (unpaired) electrons. The van der Waals surface area contributed by atoms with Gasteiger partial charge in [0.05, 0.1) is 0 Å². The highest BCUT2D eigenvalue weighted by Gasteiger charge is 2.24. The van der Waals surface area contributed by atoms with Crippen molar-refractivity contribution in [2.45, 2.75) is 46.5 Å². The van der Waals surface area contributed by atoms with Gasteiger partial charge in [0.25, 0.3) is 0 Å². The van der Waals surface area contributed by atoms with E-state index in [1.54, 1.807) is 24.3 Å². The van der Waals surface area contributed by atoms with Crippen molar-refractivity contribution in [3.05, 3.63) is 29.8 Å². The first-order valence-corrected chi connectivity index (χ1v) is 7.32. The summed E-state index contributed by atoms with van der Waals surface area (Å²) in [7, 11) is 0. The van der Waals surface area contributed by atoms with E-state index in [2.05, 4.69) is 20.8 Å². The molecule has 0 aromatic heterocycles. The van der Waals surface area contributed by atoms with E-state index in [1.165, 1.54) is 0 Å². The van der Waals surface area contributed by atoms with E-state index in [4.69, 9.17) is 5.73 Å². The van der Waals surface area contributed by atoms with Gasteiger partial charge in [-0.1, -0.05) is 32.9 Å². The van der Waals surface area contributed by atoms with E-state index in [0.717, 1.165) is 18.4 Å². The number of hydrogen-bond donors (Lipinski definition) is 2. The Morgan fingerprint density at radius 1 is 1.20 bits per heavy atom. The fourth-order valence-electron chi connectivity index (χ4n) is 2.48. The van der Waals surface area contributed by atoms with Crippen LogP contribution in [0.3, 0.4) is 0 Å². The Morgan fingerprint density at radius 3 is 2.30 bits per heavy atom. The van der Waals surface area contributed by atoms with E-state index >= 15 is 0 Å². The molecule has 112 valence electrons. The van der Waals surface area contributed by atoms with Crippen LogP contribution in [0.15, 0.2) is 24.3 Å². The van der Waals surface area contributed by atoms with Crippen LogP contribution in [0.5, 0.6) is 5.75 Å². The zero-order chi connectivity index (χ0) is 15.2. The maximum absolute atomic E-state index is 12.0. The zero-order valence-corrected chi connectivity index (χ0v) is 12.9. The monoisotopic (exact) mass is 277 g/mol. The molecule has 0 spiro atoms. The zero-order valence-electron chi connectivity index (χ0n) is 12.9. The first kappa shape index (κ1) is 16.7. The molecule has 3 nitrogen and oxygen atoms in total. The molecular formula is C17H27NO2. The summed E-state index contributed by atoms with van der Waals surface area (Å²) in [6.45, 7) is 7.29. The molecule has 0 saturated carbocycles. The van der Waals surface area contributed by atoms with Gasteiger partial charge < -0.3 is 10.8 Å². The summed E-state index contributed by atoms with van der Waals surface area (Å²) in [6, 6.07) is 6.84. The summed E-state index contributed by atoms with van der Waals surface area (Å²) in [6.07, 6.45) is 2.91. The van der Waals surface area contributed by atoms with Crippen molar-refractivity contribution in [2.75, 3.05) is 6.54 Å². The minimum absolute atomic E-state index is 0.193. The van der Waals surface area contributed by atoms with Crippen molar-refractivity contribution in [2.24, 2.45) is 17.1 Å². The normalized spacial score (nSPS) is 13.2. The molecule has 0 fully saturated rings. The second-order valence-corrected chi connectivity index (χ2v) is 6.56. The topological polar surface area (TPSA) is 63.3 Å². The molecule has 0 heterocycles. The fraction of sp³-hybridized carbons (Fsp3) is 0.588. The highest BCUT2D eigenvalue weighted by Crippen LogP contribution is 2.32.